The number of benzene rings is 1. The SMILES string of the molecule is CC(C)CN1CCC(Oc2ccc(-n3ccc4cc(C(=O)N5CCCC5)ccc43)nc2)CC1. The molecule has 0 bridgehead atoms. The van der Waals surface area contributed by atoms with Gasteiger partial charge in [0.2, 0.25) is 0 Å². The third kappa shape index (κ3) is 4.91. The van der Waals surface area contributed by atoms with Crippen LogP contribution in [-0.4, -0.2) is 64.1 Å². The van der Waals surface area contributed by atoms with Crippen LogP contribution < -0.4 is 4.74 Å². The lowest BCUT2D eigenvalue weighted by Crippen LogP contribution is -2.39. The average Bonchev–Trinajstić information content (AvgIpc) is 3.50. The zero-order valence-electron chi connectivity index (χ0n) is 19.7. The third-order valence-corrected chi connectivity index (χ3v) is 6.76. The minimum Gasteiger partial charge on any atom is -0.489 e. The first-order chi connectivity index (χ1) is 16.1. The second-order valence-corrected chi connectivity index (χ2v) is 9.82. The van der Waals surface area contributed by atoms with E-state index < -0.39 is 0 Å². The first-order valence-corrected chi connectivity index (χ1v) is 12.3. The fourth-order valence-corrected chi connectivity index (χ4v) is 5.08. The van der Waals surface area contributed by atoms with Crippen molar-refractivity contribution in [2.24, 2.45) is 5.92 Å². The molecule has 2 saturated heterocycles. The summed E-state index contributed by atoms with van der Waals surface area (Å²) in [4.78, 5) is 21.9. The van der Waals surface area contributed by atoms with E-state index in [4.69, 9.17) is 4.74 Å². The quantitative estimate of drug-likeness (QED) is 0.548. The van der Waals surface area contributed by atoms with Gasteiger partial charge in [-0.3, -0.25) is 4.79 Å². The average molecular weight is 447 g/mol. The topological polar surface area (TPSA) is 50.6 Å². The van der Waals surface area contributed by atoms with Gasteiger partial charge in [0.1, 0.15) is 17.7 Å². The van der Waals surface area contributed by atoms with E-state index in [9.17, 15) is 4.79 Å². The number of hydrogen-bond acceptors (Lipinski definition) is 4. The molecule has 3 aromatic rings. The smallest absolute Gasteiger partial charge is 0.253 e. The van der Waals surface area contributed by atoms with E-state index in [1.165, 1.54) is 6.54 Å². The number of nitrogens with zero attached hydrogens (tertiary/aromatic N) is 4. The maximum absolute atomic E-state index is 12.7. The van der Waals surface area contributed by atoms with Crippen LogP contribution in [0.25, 0.3) is 16.7 Å². The zero-order chi connectivity index (χ0) is 22.8. The van der Waals surface area contributed by atoms with Crippen LogP contribution in [-0.2, 0) is 0 Å². The Balaban J connectivity index is 1.24. The Morgan fingerprint density at radius 3 is 2.55 bits per heavy atom. The highest BCUT2D eigenvalue weighted by atomic mass is 16.5. The van der Waals surface area contributed by atoms with Gasteiger partial charge in [-0.1, -0.05) is 13.8 Å². The van der Waals surface area contributed by atoms with Crippen LogP contribution in [0.15, 0.2) is 48.8 Å². The van der Waals surface area contributed by atoms with Crippen LogP contribution in [0, 0.1) is 5.92 Å². The molecule has 1 aromatic carbocycles. The molecule has 0 radical (unpaired) electrons. The van der Waals surface area contributed by atoms with Crippen molar-refractivity contribution in [2.75, 3.05) is 32.7 Å². The number of likely N-dealkylation sites (tertiary alicyclic amines) is 2. The van der Waals surface area contributed by atoms with Crippen molar-refractivity contribution in [3.63, 3.8) is 0 Å². The molecule has 5 rings (SSSR count). The minimum absolute atomic E-state index is 0.136. The van der Waals surface area contributed by atoms with Gasteiger partial charge >= 0.3 is 0 Å². The molecule has 2 aliphatic rings. The molecule has 6 nitrogen and oxygen atoms in total. The summed E-state index contributed by atoms with van der Waals surface area (Å²) in [6.07, 6.45) is 8.44. The van der Waals surface area contributed by atoms with Crippen LogP contribution in [0.3, 0.4) is 0 Å². The van der Waals surface area contributed by atoms with Gasteiger partial charge in [0.15, 0.2) is 0 Å². The summed E-state index contributed by atoms with van der Waals surface area (Å²) >= 11 is 0. The molecule has 0 spiro atoms. The Morgan fingerprint density at radius 2 is 1.85 bits per heavy atom. The Morgan fingerprint density at radius 1 is 1.06 bits per heavy atom. The van der Waals surface area contributed by atoms with E-state index >= 15 is 0 Å². The Bertz CT molecular complexity index is 1090. The molecule has 0 unspecified atom stereocenters. The van der Waals surface area contributed by atoms with Crippen LogP contribution >= 0.6 is 0 Å². The van der Waals surface area contributed by atoms with Gasteiger partial charge in [-0.25, -0.2) is 4.98 Å². The molecule has 4 heterocycles. The van der Waals surface area contributed by atoms with Gasteiger partial charge in [-0.2, -0.15) is 0 Å². The van der Waals surface area contributed by atoms with Gasteiger partial charge in [-0.05, 0) is 68.0 Å². The number of amides is 1. The number of pyridine rings is 1. The van der Waals surface area contributed by atoms with E-state index in [1.807, 2.05) is 53.7 Å². The molecular weight excluding hydrogens is 412 g/mol. The predicted octanol–water partition coefficient (Wildman–Crippen LogP) is 4.76. The standard InChI is InChI=1S/C27H34N4O2/c1-20(2)19-29-14-10-23(11-15-29)33-24-6-8-26(28-18-24)31-16-9-21-17-22(5-7-25(21)31)27(32)30-12-3-4-13-30/h5-9,16-18,20,23H,3-4,10-15,19H2,1-2H3. The van der Waals surface area contributed by atoms with Crippen LogP contribution in [0.4, 0.5) is 0 Å². The molecule has 33 heavy (non-hydrogen) atoms. The van der Waals surface area contributed by atoms with E-state index in [1.54, 1.807) is 0 Å². The molecule has 0 N–H and O–H groups in total. The van der Waals surface area contributed by atoms with Gasteiger partial charge < -0.3 is 19.1 Å². The molecule has 6 heteroatoms. The van der Waals surface area contributed by atoms with E-state index in [-0.39, 0.29) is 12.0 Å². The lowest BCUT2D eigenvalue weighted by Gasteiger charge is -2.33. The van der Waals surface area contributed by atoms with Gasteiger partial charge in [0, 0.05) is 49.9 Å². The lowest BCUT2D eigenvalue weighted by molar-refractivity contribution is 0.0793. The second kappa shape index (κ2) is 9.56. The normalized spacial score (nSPS) is 17.8. The molecule has 1 amide bonds. The Hall–Kier alpha value is -2.86. The number of piperidine rings is 1. The zero-order valence-corrected chi connectivity index (χ0v) is 19.7. The molecule has 174 valence electrons. The van der Waals surface area contributed by atoms with Crippen molar-refractivity contribution >= 4 is 16.8 Å². The number of ether oxygens (including phenoxy) is 1. The predicted molar refractivity (Wildman–Crippen MR) is 131 cm³/mol. The number of rotatable bonds is 6. The molecule has 0 saturated carbocycles. The van der Waals surface area contributed by atoms with Crippen LogP contribution in [0.5, 0.6) is 5.75 Å². The summed E-state index contributed by atoms with van der Waals surface area (Å²) in [5, 5.41) is 1.05. The van der Waals surface area contributed by atoms with Crippen LogP contribution in [0.1, 0.15) is 49.9 Å². The summed E-state index contributed by atoms with van der Waals surface area (Å²) in [5.41, 5.74) is 1.81. The minimum atomic E-state index is 0.136. The van der Waals surface area contributed by atoms with Gasteiger partial charge in [0.05, 0.1) is 11.7 Å². The largest absolute Gasteiger partial charge is 0.489 e. The van der Waals surface area contributed by atoms with Gasteiger partial charge in [0.25, 0.3) is 5.91 Å². The van der Waals surface area contributed by atoms with Crippen molar-refractivity contribution in [2.45, 2.75) is 45.6 Å². The molecule has 2 aliphatic heterocycles. The number of carbonyl (C=O) groups is 1. The van der Waals surface area contributed by atoms with E-state index in [2.05, 4.69) is 28.3 Å². The number of fused-ring (bicyclic) bond motifs is 1. The Labute approximate surface area is 196 Å². The molecule has 2 aromatic heterocycles. The summed E-state index contributed by atoms with van der Waals surface area (Å²) in [6.45, 7) is 9.66. The maximum Gasteiger partial charge on any atom is 0.253 e. The molecule has 0 aliphatic carbocycles. The highest BCUT2D eigenvalue weighted by Crippen LogP contribution is 2.24. The van der Waals surface area contributed by atoms with E-state index in [0.717, 1.165) is 79.9 Å². The van der Waals surface area contributed by atoms with Crippen molar-refractivity contribution in [1.82, 2.24) is 19.4 Å². The first kappa shape index (κ1) is 22.0. The molecule has 0 atom stereocenters. The van der Waals surface area contributed by atoms with E-state index in [0.29, 0.717) is 5.92 Å². The Kier molecular flexibility index (Phi) is 6.36. The van der Waals surface area contributed by atoms with Crippen molar-refractivity contribution < 1.29 is 9.53 Å². The molecule has 2 fully saturated rings. The fourth-order valence-electron chi connectivity index (χ4n) is 5.08. The summed E-state index contributed by atoms with van der Waals surface area (Å²) in [5.74, 6) is 2.52. The number of carbonyl (C=O) groups excluding carboxylic acids is 1. The maximum atomic E-state index is 12.7. The van der Waals surface area contributed by atoms with Crippen molar-refractivity contribution in [3.8, 4) is 11.6 Å². The third-order valence-electron chi connectivity index (χ3n) is 6.76. The fraction of sp³-hybridized carbons (Fsp3) is 0.481. The highest BCUT2D eigenvalue weighted by Gasteiger charge is 2.22. The first-order valence-electron chi connectivity index (χ1n) is 12.3. The summed E-state index contributed by atoms with van der Waals surface area (Å²) < 4.78 is 8.28. The highest BCUT2D eigenvalue weighted by molar-refractivity contribution is 5.98. The second-order valence-electron chi connectivity index (χ2n) is 9.82. The van der Waals surface area contributed by atoms with Crippen molar-refractivity contribution in [3.05, 3.63) is 54.4 Å². The number of aromatic nitrogens is 2. The lowest BCUT2D eigenvalue weighted by atomic mass is 10.1. The summed E-state index contributed by atoms with van der Waals surface area (Å²) in [6, 6.07) is 12.0. The van der Waals surface area contributed by atoms with Crippen LogP contribution in [0.2, 0.25) is 0 Å². The van der Waals surface area contributed by atoms with Crippen molar-refractivity contribution in [1.29, 1.82) is 0 Å². The number of hydrogen-bond donors (Lipinski definition) is 0. The monoisotopic (exact) mass is 446 g/mol. The van der Waals surface area contributed by atoms with Gasteiger partial charge in [-0.15, -0.1) is 0 Å². The molecular formula is C27H34N4O2. The summed E-state index contributed by atoms with van der Waals surface area (Å²) in [7, 11) is 0.